The van der Waals surface area contributed by atoms with Crippen LogP contribution in [0.1, 0.15) is 24.8 Å². The molecule has 3 saturated heterocycles. The van der Waals surface area contributed by atoms with E-state index in [4.69, 9.17) is 0 Å². The lowest BCUT2D eigenvalue weighted by atomic mass is 10.2. The van der Waals surface area contributed by atoms with Crippen molar-refractivity contribution in [3.63, 3.8) is 0 Å². The van der Waals surface area contributed by atoms with Gasteiger partial charge in [0.25, 0.3) is 5.91 Å². The highest BCUT2D eigenvalue weighted by molar-refractivity contribution is 6.04. The number of aryl methyl sites for hydroxylation is 1. The second kappa shape index (κ2) is 9.81. The number of carbonyl (C=O) groups excluding carboxylic acids is 2. The van der Waals surface area contributed by atoms with Gasteiger partial charge in [0.1, 0.15) is 6.04 Å². The van der Waals surface area contributed by atoms with E-state index >= 15 is 0 Å². The summed E-state index contributed by atoms with van der Waals surface area (Å²) >= 11 is 0. The lowest BCUT2D eigenvalue weighted by Crippen LogP contribution is -2.47. The third kappa shape index (κ3) is 4.56. The fraction of sp³-hybridized carbons (Fsp3) is 0.600. The predicted molar refractivity (Wildman–Crippen MR) is 116 cm³/mol. The number of halogens is 2. The van der Waals surface area contributed by atoms with Gasteiger partial charge in [0, 0.05) is 45.0 Å². The number of piperazine rings is 1. The number of nitrogens with zero attached hydrogens (tertiary/aromatic N) is 4. The number of hydrogen-bond acceptors (Lipinski definition) is 4. The SMILES string of the molecule is Cc1ccc(N2CCN(CCCN3C(=O)C4CCCN4C3=O)CC2)cc1.Cl.Cl. The molecular formula is C20H30Cl2N4O2. The molecule has 1 aromatic rings. The van der Waals surface area contributed by atoms with Crippen molar-refractivity contribution in [3.8, 4) is 0 Å². The number of benzene rings is 1. The number of fused-ring (bicyclic) bond motifs is 1. The summed E-state index contributed by atoms with van der Waals surface area (Å²) in [5.74, 6) is 0.0247. The summed E-state index contributed by atoms with van der Waals surface area (Å²) in [6, 6.07) is 8.49. The molecule has 28 heavy (non-hydrogen) atoms. The first-order valence-electron chi connectivity index (χ1n) is 9.79. The van der Waals surface area contributed by atoms with Crippen LogP contribution in [0.4, 0.5) is 10.5 Å². The average Bonchev–Trinajstić information content (AvgIpc) is 3.22. The maximum Gasteiger partial charge on any atom is 0.327 e. The standard InChI is InChI=1S/C20H28N4O2.2ClH/c1-16-5-7-17(8-6-16)22-14-12-21(13-15-22)9-3-11-24-19(25)18-4-2-10-23(18)20(24)26;;/h5-8,18H,2-4,9-15H2,1H3;2*1H. The van der Waals surface area contributed by atoms with Crippen molar-refractivity contribution < 1.29 is 9.59 Å². The molecule has 156 valence electrons. The third-order valence-corrected chi connectivity index (χ3v) is 5.91. The van der Waals surface area contributed by atoms with Gasteiger partial charge in [-0.2, -0.15) is 0 Å². The van der Waals surface area contributed by atoms with Crippen LogP contribution in [0, 0.1) is 6.92 Å². The van der Waals surface area contributed by atoms with Crippen molar-refractivity contribution in [3.05, 3.63) is 29.8 Å². The van der Waals surface area contributed by atoms with Crippen LogP contribution in [0.15, 0.2) is 24.3 Å². The zero-order chi connectivity index (χ0) is 18.1. The molecule has 4 rings (SSSR count). The Hall–Kier alpha value is -1.50. The fourth-order valence-corrected chi connectivity index (χ4v) is 4.33. The van der Waals surface area contributed by atoms with Crippen molar-refractivity contribution >= 4 is 42.4 Å². The minimum Gasteiger partial charge on any atom is -0.369 e. The molecular weight excluding hydrogens is 399 g/mol. The zero-order valence-corrected chi connectivity index (χ0v) is 18.0. The first kappa shape index (κ1) is 22.8. The van der Waals surface area contributed by atoms with E-state index in [0.717, 1.165) is 58.5 Å². The van der Waals surface area contributed by atoms with Gasteiger partial charge in [-0.1, -0.05) is 17.7 Å². The summed E-state index contributed by atoms with van der Waals surface area (Å²) in [7, 11) is 0. The quantitative estimate of drug-likeness (QED) is 0.676. The summed E-state index contributed by atoms with van der Waals surface area (Å²) in [5, 5.41) is 0. The van der Waals surface area contributed by atoms with Crippen LogP contribution in [-0.4, -0.2) is 78.5 Å². The van der Waals surface area contributed by atoms with Gasteiger partial charge in [-0.05, 0) is 44.9 Å². The van der Waals surface area contributed by atoms with Gasteiger partial charge in [0.15, 0.2) is 0 Å². The Kier molecular flexibility index (Phi) is 7.98. The Morgan fingerprint density at radius 2 is 1.61 bits per heavy atom. The van der Waals surface area contributed by atoms with Crippen LogP contribution in [-0.2, 0) is 4.79 Å². The van der Waals surface area contributed by atoms with E-state index in [1.807, 2.05) is 0 Å². The van der Waals surface area contributed by atoms with E-state index < -0.39 is 0 Å². The van der Waals surface area contributed by atoms with Gasteiger partial charge in [0.05, 0.1) is 0 Å². The van der Waals surface area contributed by atoms with Crippen LogP contribution < -0.4 is 4.90 Å². The Labute approximate surface area is 179 Å². The van der Waals surface area contributed by atoms with E-state index in [-0.39, 0.29) is 42.8 Å². The average molecular weight is 429 g/mol. The van der Waals surface area contributed by atoms with Crippen LogP contribution >= 0.6 is 24.8 Å². The van der Waals surface area contributed by atoms with Gasteiger partial charge >= 0.3 is 6.03 Å². The summed E-state index contributed by atoms with van der Waals surface area (Å²) in [5.41, 5.74) is 2.59. The molecule has 3 heterocycles. The van der Waals surface area contributed by atoms with Crippen molar-refractivity contribution in [1.82, 2.24) is 14.7 Å². The molecule has 1 unspecified atom stereocenters. The second-order valence-electron chi connectivity index (χ2n) is 7.64. The molecule has 1 atom stereocenters. The molecule has 3 fully saturated rings. The van der Waals surface area contributed by atoms with Crippen molar-refractivity contribution in [2.24, 2.45) is 0 Å². The van der Waals surface area contributed by atoms with Crippen LogP contribution in [0.5, 0.6) is 0 Å². The first-order valence-corrected chi connectivity index (χ1v) is 9.79. The highest BCUT2D eigenvalue weighted by Crippen LogP contribution is 2.27. The third-order valence-electron chi connectivity index (χ3n) is 5.91. The number of imide groups is 1. The highest BCUT2D eigenvalue weighted by atomic mass is 35.5. The molecule has 0 spiro atoms. The van der Waals surface area contributed by atoms with Crippen molar-refractivity contribution in [2.75, 3.05) is 50.7 Å². The molecule has 3 amide bonds. The number of carbonyl (C=O) groups is 2. The molecule has 3 aliphatic heterocycles. The van der Waals surface area contributed by atoms with Gasteiger partial charge in [-0.25, -0.2) is 4.79 Å². The molecule has 0 saturated carbocycles. The number of amides is 3. The first-order chi connectivity index (χ1) is 12.6. The molecule has 8 heteroatoms. The maximum atomic E-state index is 12.3. The maximum absolute atomic E-state index is 12.3. The molecule has 0 aliphatic carbocycles. The zero-order valence-electron chi connectivity index (χ0n) is 16.4. The molecule has 0 N–H and O–H groups in total. The monoisotopic (exact) mass is 428 g/mol. The van der Waals surface area contributed by atoms with Crippen LogP contribution in [0.25, 0.3) is 0 Å². The van der Waals surface area contributed by atoms with Gasteiger partial charge < -0.3 is 9.80 Å². The smallest absolute Gasteiger partial charge is 0.327 e. The fourth-order valence-electron chi connectivity index (χ4n) is 4.33. The number of hydrogen-bond donors (Lipinski definition) is 0. The Balaban J connectivity index is 0.00000140. The number of urea groups is 1. The summed E-state index contributed by atoms with van der Waals surface area (Å²) < 4.78 is 0. The predicted octanol–water partition coefficient (Wildman–Crippen LogP) is 2.78. The van der Waals surface area contributed by atoms with E-state index in [9.17, 15) is 9.59 Å². The Morgan fingerprint density at radius 1 is 0.929 bits per heavy atom. The Morgan fingerprint density at radius 3 is 2.25 bits per heavy atom. The summed E-state index contributed by atoms with van der Waals surface area (Å²) in [6.07, 6.45) is 2.66. The van der Waals surface area contributed by atoms with Gasteiger partial charge in [-0.15, -0.1) is 24.8 Å². The van der Waals surface area contributed by atoms with E-state index in [1.165, 1.54) is 16.2 Å². The Bertz CT molecular complexity index is 655. The lowest BCUT2D eigenvalue weighted by Gasteiger charge is -2.36. The topological polar surface area (TPSA) is 47.1 Å². The molecule has 3 aliphatic rings. The van der Waals surface area contributed by atoms with Crippen LogP contribution in [0.2, 0.25) is 0 Å². The number of anilines is 1. The van der Waals surface area contributed by atoms with E-state index in [2.05, 4.69) is 41.0 Å². The minimum atomic E-state index is -0.166. The van der Waals surface area contributed by atoms with Crippen molar-refractivity contribution in [2.45, 2.75) is 32.2 Å². The molecule has 0 bridgehead atoms. The minimum absolute atomic E-state index is 0. The summed E-state index contributed by atoms with van der Waals surface area (Å²) in [6.45, 7) is 8.48. The number of rotatable bonds is 5. The van der Waals surface area contributed by atoms with E-state index in [1.54, 1.807) is 4.90 Å². The lowest BCUT2D eigenvalue weighted by molar-refractivity contribution is -0.128. The normalized spacial score (nSPS) is 22.2. The van der Waals surface area contributed by atoms with Crippen molar-refractivity contribution in [1.29, 1.82) is 0 Å². The molecule has 0 aromatic heterocycles. The van der Waals surface area contributed by atoms with Gasteiger partial charge in [-0.3, -0.25) is 14.6 Å². The second-order valence-corrected chi connectivity index (χ2v) is 7.64. The van der Waals surface area contributed by atoms with E-state index in [0.29, 0.717) is 6.54 Å². The van der Waals surface area contributed by atoms with Gasteiger partial charge in [0.2, 0.25) is 0 Å². The largest absolute Gasteiger partial charge is 0.369 e. The summed E-state index contributed by atoms with van der Waals surface area (Å²) in [4.78, 5) is 32.8. The molecule has 6 nitrogen and oxygen atoms in total. The van der Waals surface area contributed by atoms with Crippen LogP contribution in [0.3, 0.4) is 0 Å². The molecule has 1 aromatic carbocycles. The molecule has 0 radical (unpaired) electrons. The highest BCUT2D eigenvalue weighted by Gasteiger charge is 2.46.